The third-order valence-corrected chi connectivity index (χ3v) is 2.82. The van der Waals surface area contributed by atoms with Crippen molar-refractivity contribution in [2.45, 2.75) is 12.8 Å². The molecule has 0 aromatic heterocycles. The number of nitrogens with one attached hydrogen (secondary N) is 1. The number of hydrogen-bond donors (Lipinski definition) is 1. The van der Waals surface area contributed by atoms with Gasteiger partial charge in [0.05, 0.1) is 10.0 Å². The Bertz CT molecular complexity index is 289. The molecule has 1 rings (SSSR count). The van der Waals surface area contributed by atoms with Gasteiger partial charge in [0.1, 0.15) is 0 Å². The molecule has 0 aliphatic carbocycles. The number of rotatable bonds is 5. The van der Waals surface area contributed by atoms with E-state index in [9.17, 15) is 0 Å². The highest BCUT2D eigenvalue weighted by Gasteiger charge is 1.98. The Labute approximate surface area is 99.4 Å². The standard InChI is InChI=1S/C10H12Cl3N/c11-5-1-2-6-14-8-3-4-9(12)10(13)7-8/h3-4,7,14H,1-2,5-6H2. The van der Waals surface area contributed by atoms with Gasteiger partial charge in [-0.15, -0.1) is 11.6 Å². The third kappa shape index (κ3) is 3.95. The fourth-order valence-electron chi connectivity index (χ4n) is 1.06. The highest BCUT2D eigenvalue weighted by atomic mass is 35.5. The minimum Gasteiger partial charge on any atom is -0.385 e. The van der Waals surface area contributed by atoms with Gasteiger partial charge in [-0.1, -0.05) is 23.2 Å². The summed E-state index contributed by atoms with van der Waals surface area (Å²) in [6.45, 7) is 0.907. The molecule has 0 aliphatic heterocycles. The van der Waals surface area contributed by atoms with Crippen LogP contribution in [-0.4, -0.2) is 12.4 Å². The van der Waals surface area contributed by atoms with E-state index < -0.39 is 0 Å². The van der Waals surface area contributed by atoms with E-state index in [-0.39, 0.29) is 0 Å². The normalized spacial score (nSPS) is 10.2. The van der Waals surface area contributed by atoms with E-state index in [2.05, 4.69) is 5.32 Å². The largest absolute Gasteiger partial charge is 0.385 e. The second kappa shape index (κ2) is 6.39. The van der Waals surface area contributed by atoms with Crippen LogP contribution < -0.4 is 5.32 Å². The van der Waals surface area contributed by atoms with Gasteiger partial charge in [0.25, 0.3) is 0 Å². The molecule has 1 N–H and O–H groups in total. The van der Waals surface area contributed by atoms with Crippen LogP contribution in [-0.2, 0) is 0 Å². The summed E-state index contributed by atoms with van der Waals surface area (Å²) in [6, 6.07) is 5.52. The summed E-state index contributed by atoms with van der Waals surface area (Å²) in [5, 5.41) is 4.41. The van der Waals surface area contributed by atoms with Crippen LogP contribution in [0.5, 0.6) is 0 Å². The van der Waals surface area contributed by atoms with Crippen molar-refractivity contribution in [3.05, 3.63) is 28.2 Å². The Morgan fingerprint density at radius 2 is 1.86 bits per heavy atom. The SMILES string of the molecule is ClCCCCNc1ccc(Cl)c(Cl)c1. The second-order valence-electron chi connectivity index (χ2n) is 2.95. The zero-order valence-corrected chi connectivity index (χ0v) is 9.96. The number of benzene rings is 1. The molecule has 0 heterocycles. The maximum atomic E-state index is 5.86. The molecule has 0 radical (unpaired) electrons. The van der Waals surface area contributed by atoms with Gasteiger partial charge >= 0.3 is 0 Å². The summed E-state index contributed by atoms with van der Waals surface area (Å²) in [6.07, 6.45) is 2.08. The average Bonchev–Trinajstić information content (AvgIpc) is 2.18. The van der Waals surface area contributed by atoms with Gasteiger partial charge in [-0.05, 0) is 31.0 Å². The molecule has 0 aliphatic rings. The van der Waals surface area contributed by atoms with Gasteiger partial charge in [0.2, 0.25) is 0 Å². The lowest BCUT2D eigenvalue weighted by atomic mass is 10.3. The lowest BCUT2D eigenvalue weighted by molar-refractivity contribution is 0.839. The van der Waals surface area contributed by atoms with Gasteiger partial charge in [-0.2, -0.15) is 0 Å². The van der Waals surface area contributed by atoms with E-state index in [0.717, 1.165) is 25.1 Å². The van der Waals surface area contributed by atoms with Crippen molar-refractivity contribution >= 4 is 40.5 Å². The Morgan fingerprint density at radius 3 is 2.50 bits per heavy atom. The van der Waals surface area contributed by atoms with Gasteiger partial charge in [0.15, 0.2) is 0 Å². The van der Waals surface area contributed by atoms with Crippen LogP contribution in [0.2, 0.25) is 10.0 Å². The summed E-state index contributed by atoms with van der Waals surface area (Å²) in [5.74, 6) is 0.711. The van der Waals surface area contributed by atoms with Crippen LogP contribution >= 0.6 is 34.8 Å². The molecule has 0 atom stereocenters. The average molecular weight is 253 g/mol. The maximum Gasteiger partial charge on any atom is 0.0612 e. The van der Waals surface area contributed by atoms with Crippen LogP contribution in [0, 0.1) is 0 Å². The third-order valence-electron chi connectivity index (χ3n) is 1.81. The van der Waals surface area contributed by atoms with Crippen LogP contribution in [0.4, 0.5) is 5.69 Å². The van der Waals surface area contributed by atoms with Crippen molar-refractivity contribution in [1.29, 1.82) is 0 Å². The molecule has 0 saturated carbocycles. The molecule has 14 heavy (non-hydrogen) atoms. The molecule has 0 bridgehead atoms. The lowest BCUT2D eigenvalue weighted by Gasteiger charge is -2.06. The molecule has 1 aromatic carbocycles. The van der Waals surface area contributed by atoms with E-state index in [1.54, 1.807) is 6.07 Å². The Kier molecular flexibility index (Phi) is 5.46. The van der Waals surface area contributed by atoms with Crippen LogP contribution in [0.3, 0.4) is 0 Å². The molecule has 0 fully saturated rings. The first-order chi connectivity index (χ1) is 6.74. The van der Waals surface area contributed by atoms with E-state index >= 15 is 0 Å². The first kappa shape index (κ1) is 12.0. The molecule has 1 nitrogen and oxygen atoms in total. The zero-order valence-electron chi connectivity index (χ0n) is 7.69. The molecule has 0 unspecified atom stereocenters. The smallest absolute Gasteiger partial charge is 0.0612 e. The van der Waals surface area contributed by atoms with Crippen molar-refractivity contribution in [2.75, 3.05) is 17.7 Å². The van der Waals surface area contributed by atoms with Crippen molar-refractivity contribution in [3.8, 4) is 0 Å². The minimum absolute atomic E-state index is 0.578. The lowest BCUT2D eigenvalue weighted by Crippen LogP contribution is -2.01. The minimum atomic E-state index is 0.578. The highest BCUT2D eigenvalue weighted by Crippen LogP contribution is 2.24. The number of alkyl halides is 1. The molecule has 1 aromatic rings. The van der Waals surface area contributed by atoms with E-state index in [1.807, 2.05) is 12.1 Å². The van der Waals surface area contributed by atoms with Gasteiger partial charge in [-0.25, -0.2) is 0 Å². The topological polar surface area (TPSA) is 12.0 Å². The second-order valence-corrected chi connectivity index (χ2v) is 4.14. The summed E-state index contributed by atoms with van der Waals surface area (Å²) in [5.41, 5.74) is 0.994. The molecule has 78 valence electrons. The van der Waals surface area contributed by atoms with Crippen LogP contribution in [0.15, 0.2) is 18.2 Å². The molecule has 0 amide bonds. The summed E-state index contributed by atoms with van der Waals surface area (Å²) in [4.78, 5) is 0. The summed E-state index contributed by atoms with van der Waals surface area (Å²) >= 11 is 17.2. The van der Waals surface area contributed by atoms with E-state index in [1.165, 1.54) is 0 Å². The summed E-state index contributed by atoms with van der Waals surface area (Å²) < 4.78 is 0. The van der Waals surface area contributed by atoms with Crippen molar-refractivity contribution in [2.24, 2.45) is 0 Å². The first-order valence-electron chi connectivity index (χ1n) is 4.49. The Balaban J connectivity index is 2.39. The Hall–Kier alpha value is -0.110. The van der Waals surface area contributed by atoms with Crippen molar-refractivity contribution in [3.63, 3.8) is 0 Å². The fraction of sp³-hybridized carbons (Fsp3) is 0.400. The molecule has 0 spiro atoms. The number of halogens is 3. The maximum absolute atomic E-state index is 5.86. The van der Waals surface area contributed by atoms with Gasteiger partial charge < -0.3 is 5.32 Å². The predicted octanol–water partition coefficient (Wildman–Crippen LogP) is 4.42. The van der Waals surface area contributed by atoms with E-state index in [0.29, 0.717) is 15.9 Å². The van der Waals surface area contributed by atoms with Gasteiger partial charge in [0, 0.05) is 18.1 Å². The number of hydrogen-bond acceptors (Lipinski definition) is 1. The fourth-order valence-corrected chi connectivity index (χ4v) is 1.55. The zero-order chi connectivity index (χ0) is 10.4. The predicted molar refractivity (Wildman–Crippen MR) is 64.9 cm³/mol. The molecular formula is C10H12Cl3N. The first-order valence-corrected chi connectivity index (χ1v) is 5.78. The number of unbranched alkanes of at least 4 members (excludes halogenated alkanes) is 1. The van der Waals surface area contributed by atoms with Gasteiger partial charge in [-0.3, -0.25) is 0 Å². The number of anilines is 1. The molecule has 0 saturated heterocycles. The molecule has 4 heteroatoms. The van der Waals surface area contributed by atoms with Crippen LogP contribution in [0.25, 0.3) is 0 Å². The molecular weight excluding hydrogens is 240 g/mol. The quantitative estimate of drug-likeness (QED) is 0.604. The summed E-state index contributed by atoms with van der Waals surface area (Å²) in [7, 11) is 0. The highest BCUT2D eigenvalue weighted by molar-refractivity contribution is 6.42. The van der Waals surface area contributed by atoms with Crippen LogP contribution in [0.1, 0.15) is 12.8 Å². The Morgan fingerprint density at radius 1 is 1.07 bits per heavy atom. The van der Waals surface area contributed by atoms with Crippen molar-refractivity contribution in [1.82, 2.24) is 0 Å². The van der Waals surface area contributed by atoms with Crippen molar-refractivity contribution < 1.29 is 0 Å². The monoisotopic (exact) mass is 251 g/mol. The van der Waals surface area contributed by atoms with E-state index in [4.69, 9.17) is 34.8 Å².